The number of ether oxygens (including phenoxy) is 1. The van der Waals surface area contributed by atoms with Gasteiger partial charge < -0.3 is 30.1 Å². The Bertz CT molecular complexity index is 1490. The normalized spacial score (nSPS) is 22.7. The number of carbonyl (C=O) groups excluding carboxylic acids is 3. The summed E-state index contributed by atoms with van der Waals surface area (Å²) in [5.74, 6) is -1.41. The molecule has 3 aromatic carbocycles. The lowest BCUT2D eigenvalue weighted by Gasteiger charge is -2.55. The molecule has 3 N–H and O–H groups in total. The average Bonchev–Trinajstić information content (AvgIpc) is 3.26. The maximum Gasteiger partial charge on any atom is 0.254 e. The number of phenols is 1. The smallest absolute Gasteiger partial charge is 0.254 e. The first-order chi connectivity index (χ1) is 20.1. The third-order valence-corrected chi connectivity index (χ3v) is 8.92. The number of β-lactam (4-membered cyclic amide) rings is 1. The quantitative estimate of drug-likeness (QED) is 0.340. The zero-order valence-electron chi connectivity index (χ0n) is 24.3. The summed E-state index contributed by atoms with van der Waals surface area (Å²) in [6.45, 7) is 6.05. The highest BCUT2D eigenvalue weighted by Crippen LogP contribution is 2.46. The van der Waals surface area contributed by atoms with E-state index in [-0.39, 0.29) is 30.2 Å². The molecule has 3 amide bonds. The Morgan fingerprint density at radius 1 is 1.05 bits per heavy atom. The van der Waals surface area contributed by atoms with E-state index in [0.717, 1.165) is 16.7 Å². The first kappa shape index (κ1) is 29.3. The molecule has 42 heavy (non-hydrogen) atoms. The minimum atomic E-state index is -1.63. The molecule has 0 radical (unpaired) electrons. The highest BCUT2D eigenvalue weighted by molar-refractivity contribution is 5.99. The minimum absolute atomic E-state index is 0.0282. The van der Waals surface area contributed by atoms with Gasteiger partial charge in [-0.05, 0) is 56.0 Å². The van der Waals surface area contributed by atoms with Gasteiger partial charge >= 0.3 is 0 Å². The number of rotatable bonds is 9. The molecular formula is C33H37N3O6. The van der Waals surface area contributed by atoms with Gasteiger partial charge in [0.2, 0.25) is 5.91 Å². The number of hydrogen-bond acceptors (Lipinski definition) is 6. The van der Waals surface area contributed by atoms with Gasteiger partial charge in [-0.15, -0.1) is 0 Å². The number of nitrogens with one attached hydrogen (secondary N) is 1. The Labute approximate surface area is 245 Å². The van der Waals surface area contributed by atoms with Crippen LogP contribution in [-0.2, 0) is 27.3 Å². The zero-order valence-corrected chi connectivity index (χ0v) is 24.3. The summed E-state index contributed by atoms with van der Waals surface area (Å²) in [6.07, 6.45) is -1.92. The molecule has 2 fully saturated rings. The van der Waals surface area contributed by atoms with Crippen LogP contribution >= 0.6 is 0 Å². The third kappa shape index (κ3) is 5.03. The number of likely N-dealkylation sites (tertiary alicyclic amines) is 2. The van der Waals surface area contributed by atoms with Crippen molar-refractivity contribution >= 4 is 17.7 Å². The molecule has 9 nitrogen and oxygen atoms in total. The van der Waals surface area contributed by atoms with Crippen LogP contribution in [0.1, 0.15) is 39.5 Å². The molecule has 9 heteroatoms. The van der Waals surface area contributed by atoms with Crippen LogP contribution < -0.4 is 5.32 Å². The molecule has 2 aliphatic rings. The maximum atomic E-state index is 13.9. The largest absolute Gasteiger partial charge is 0.508 e. The lowest BCUT2D eigenvalue weighted by atomic mass is 9.78. The van der Waals surface area contributed by atoms with Gasteiger partial charge in [-0.3, -0.25) is 14.4 Å². The molecule has 3 aromatic rings. The van der Waals surface area contributed by atoms with E-state index in [4.69, 9.17) is 4.74 Å². The second-order valence-corrected chi connectivity index (χ2v) is 11.4. The number of phenolic OH excluding ortho intramolecular Hbond substituents is 1. The van der Waals surface area contributed by atoms with Crippen LogP contribution in [0.3, 0.4) is 0 Å². The van der Waals surface area contributed by atoms with Gasteiger partial charge in [0.1, 0.15) is 17.9 Å². The van der Waals surface area contributed by atoms with Crippen molar-refractivity contribution in [1.82, 2.24) is 15.1 Å². The first-order valence-electron chi connectivity index (χ1n) is 14.1. The summed E-state index contributed by atoms with van der Waals surface area (Å²) in [5.41, 5.74) is 2.74. The summed E-state index contributed by atoms with van der Waals surface area (Å²) in [7, 11) is 1.56. The van der Waals surface area contributed by atoms with E-state index in [1.807, 2.05) is 68.4 Å². The van der Waals surface area contributed by atoms with E-state index in [2.05, 4.69) is 5.32 Å². The summed E-state index contributed by atoms with van der Waals surface area (Å²) in [4.78, 5) is 43.9. The van der Waals surface area contributed by atoms with Crippen LogP contribution in [0.25, 0.3) is 0 Å². The predicted molar refractivity (Wildman–Crippen MR) is 157 cm³/mol. The number of aliphatic hydroxyl groups excluding tert-OH is 1. The fraction of sp³-hybridized carbons (Fsp3) is 0.364. The Balaban J connectivity index is 1.40. The van der Waals surface area contributed by atoms with Crippen molar-refractivity contribution < 1.29 is 29.3 Å². The predicted octanol–water partition coefficient (Wildman–Crippen LogP) is 2.74. The van der Waals surface area contributed by atoms with Crippen molar-refractivity contribution in [2.45, 2.75) is 63.6 Å². The van der Waals surface area contributed by atoms with Crippen molar-refractivity contribution in [2.24, 2.45) is 0 Å². The molecule has 0 bridgehead atoms. The highest BCUT2D eigenvalue weighted by Gasteiger charge is 2.69. The van der Waals surface area contributed by atoms with Crippen molar-refractivity contribution in [3.05, 3.63) is 101 Å². The fourth-order valence-corrected chi connectivity index (χ4v) is 6.29. The number of nitrogens with zero attached hydrogens (tertiary/aromatic N) is 2. The molecule has 5 rings (SSSR count). The van der Waals surface area contributed by atoms with Crippen LogP contribution in [0.4, 0.5) is 0 Å². The number of amides is 3. The van der Waals surface area contributed by atoms with E-state index < -0.39 is 41.6 Å². The molecule has 0 aromatic heterocycles. The zero-order chi connectivity index (χ0) is 30.2. The second kappa shape index (κ2) is 11.6. The topological polar surface area (TPSA) is 119 Å². The second-order valence-electron chi connectivity index (χ2n) is 11.4. The third-order valence-electron chi connectivity index (χ3n) is 8.92. The Hall–Kier alpha value is -4.21. The molecule has 2 heterocycles. The molecule has 5 atom stereocenters. The lowest BCUT2D eigenvalue weighted by Crippen LogP contribution is -2.77. The van der Waals surface area contributed by atoms with Crippen molar-refractivity contribution in [1.29, 1.82) is 0 Å². The van der Waals surface area contributed by atoms with Gasteiger partial charge in [0, 0.05) is 24.8 Å². The van der Waals surface area contributed by atoms with Gasteiger partial charge in [0.25, 0.3) is 11.8 Å². The number of aryl methyl sites for hydroxylation is 1. The van der Waals surface area contributed by atoms with Gasteiger partial charge in [-0.2, -0.15) is 0 Å². The van der Waals surface area contributed by atoms with E-state index in [9.17, 15) is 24.6 Å². The SMILES string of the molecule is CO[C@@H]1CN(C(=O)[C@@H](O)[C@H](Cc2ccccc2)NC(=O)c2cccc(O)c2C)[C@@H]2C(=O)N(Cc3ccccc3C)C12C. The summed E-state index contributed by atoms with van der Waals surface area (Å²) < 4.78 is 5.79. The molecule has 2 saturated heterocycles. The van der Waals surface area contributed by atoms with Gasteiger partial charge in [-0.1, -0.05) is 60.7 Å². The summed E-state index contributed by atoms with van der Waals surface area (Å²) in [6, 6.07) is 19.9. The van der Waals surface area contributed by atoms with Gasteiger partial charge in [0.05, 0.1) is 18.1 Å². The highest BCUT2D eigenvalue weighted by atomic mass is 16.5. The maximum absolute atomic E-state index is 13.9. The van der Waals surface area contributed by atoms with Crippen molar-refractivity contribution in [3.8, 4) is 5.75 Å². The number of benzene rings is 3. The number of aromatic hydroxyl groups is 1. The summed E-state index contributed by atoms with van der Waals surface area (Å²) >= 11 is 0. The minimum Gasteiger partial charge on any atom is -0.508 e. The fourth-order valence-electron chi connectivity index (χ4n) is 6.29. The van der Waals surface area contributed by atoms with E-state index >= 15 is 0 Å². The van der Waals surface area contributed by atoms with Crippen molar-refractivity contribution in [3.63, 3.8) is 0 Å². The Morgan fingerprint density at radius 3 is 2.43 bits per heavy atom. The number of hydrogen-bond donors (Lipinski definition) is 3. The average molecular weight is 572 g/mol. The Morgan fingerprint density at radius 2 is 1.74 bits per heavy atom. The van der Waals surface area contributed by atoms with E-state index in [1.54, 1.807) is 31.1 Å². The number of fused-ring (bicyclic) bond motifs is 1. The van der Waals surface area contributed by atoms with E-state index in [1.165, 1.54) is 11.0 Å². The van der Waals surface area contributed by atoms with Crippen LogP contribution in [0.5, 0.6) is 5.75 Å². The molecule has 0 aliphatic carbocycles. The monoisotopic (exact) mass is 571 g/mol. The lowest BCUT2D eigenvalue weighted by molar-refractivity contribution is -0.178. The first-order valence-corrected chi connectivity index (χ1v) is 14.1. The van der Waals surface area contributed by atoms with Crippen LogP contribution in [0.2, 0.25) is 0 Å². The molecule has 220 valence electrons. The summed E-state index contributed by atoms with van der Waals surface area (Å²) in [5, 5.41) is 24.4. The number of methoxy groups -OCH3 is 1. The molecule has 1 unspecified atom stereocenters. The standard InChI is InChI=1S/C33H37N3O6/c1-20-11-8-9-14-23(20)18-36-32(41)29-33(36,3)27(42-4)19-35(29)31(40)28(38)25(17-22-12-6-5-7-13-22)34-30(39)24-15-10-16-26(37)21(24)2/h5-16,25,27-29,37-38H,17-19H2,1-4H3,(H,34,39)/t25-,27+,28-,29+,33?/m0/s1. The molecule has 0 saturated carbocycles. The van der Waals surface area contributed by atoms with Crippen LogP contribution in [-0.4, -0.2) is 81.2 Å². The number of carbonyl (C=O) groups is 3. The van der Waals surface area contributed by atoms with Gasteiger partial charge in [0.15, 0.2) is 6.10 Å². The van der Waals surface area contributed by atoms with Crippen LogP contribution in [0, 0.1) is 13.8 Å². The number of aliphatic hydroxyl groups is 1. The molecule has 0 spiro atoms. The Kier molecular flexibility index (Phi) is 8.08. The molecular weight excluding hydrogens is 534 g/mol. The van der Waals surface area contributed by atoms with Crippen molar-refractivity contribution in [2.75, 3.05) is 13.7 Å². The van der Waals surface area contributed by atoms with Crippen LogP contribution in [0.15, 0.2) is 72.8 Å². The van der Waals surface area contributed by atoms with E-state index in [0.29, 0.717) is 12.1 Å². The molecule has 2 aliphatic heterocycles. The van der Waals surface area contributed by atoms with Gasteiger partial charge in [-0.25, -0.2) is 0 Å².